The number of carbonyl (C=O) groups excluding carboxylic acids is 2. The van der Waals surface area contributed by atoms with Crippen molar-refractivity contribution in [2.75, 3.05) is 38.1 Å². The van der Waals surface area contributed by atoms with Gasteiger partial charge in [0.05, 0.1) is 0 Å². The summed E-state index contributed by atoms with van der Waals surface area (Å²) in [5.41, 5.74) is 12.7. The number of nitrogen functional groups attached to an aromatic ring is 2. The molecule has 0 bridgehead atoms. The van der Waals surface area contributed by atoms with E-state index in [-0.39, 0.29) is 18.4 Å². The number of nitrogens with two attached hydrogens (primary N) is 2. The quantitative estimate of drug-likeness (QED) is 0.705. The van der Waals surface area contributed by atoms with E-state index in [4.69, 9.17) is 11.5 Å². The van der Waals surface area contributed by atoms with Crippen LogP contribution in [0.15, 0.2) is 18.2 Å². The van der Waals surface area contributed by atoms with Crippen LogP contribution in [-0.4, -0.2) is 48.3 Å². The van der Waals surface area contributed by atoms with Gasteiger partial charge >= 0.3 is 0 Å². The zero-order valence-electron chi connectivity index (χ0n) is 10.9. The Morgan fingerprint density at radius 3 is 2.42 bits per heavy atom. The Labute approximate surface area is 112 Å². The van der Waals surface area contributed by atoms with E-state index in [9.17, 15) is 9.59 Å². The molecule has 0 spiro atoms. The van der Waals surface area contributed by atoms with Crippen molar-refractivity contribution >= 4 is 23.2 Å². The summed E-state index contributed by atoms with van der Waals surface area (Å²) in [6.07, 6.45) is 0.770. The Balaban J connectivity index is 2.21. The second kappa shape index (κ2) is 5.17. The van der Waals surface area contributed by atoms with Gasteiger partial charge in [0.15, 0.2) is 0 Å². The summed E-state index contributed by atoms with van der Waals surface area (Å²) in [4.78, 5) is 27.3. The maximum atomic E-state index is 12.4. The van der Waals surface area contributed by atoms with Crippen molar-refractivity contribution < 1.29 is 9.59 Å². The van der Waals surface area contributed by atoms with Crippen LogP contribution in [0.1, 0.15) is 16.8 Å². The largest absolute Gasteiger partial charge is 0.399 e. The molecule has 0 radical (unpaired) electrons. The molecule has 4 N–H and O–H groups in total. The fraction of sp³-hybridized carbons (Fsp3) is 0.385. The molecule has 2 rings (SSSR count). The van der Waals surface area contributed by atoms with Gasteiger partial charge in [0.25, 0.3) is 5.91 Å². The fourth-order valence-corrected chi connectivity index (χ4v) is 2.14. The van der Waals surface area contributed by atoms with E-state index in [0.717, 1.165) is 6.42 Å². The maximum absolute atomic E-state index is 12.4. The van der Waals surface area contributed by atoms with Crippen LogP contribution in [0, 0.1) is 0 Å². The number of nitrogens with zero attached hydrogens (tertiary/aromatic N) is 2. The summed E-state index contributed by atoms with van der Waals surface area (Å²) in [6.45, 7) is 1.33. The molecule has 1 aromatic carbocycles. The van der Waals surface area contributed by atoms with Crippen LogP contribution in [0.3, 0.4) is 0 Å². The first-order valence-corrected chi connectivity index (χ1v) is 6.16. The molecule has 0 unspecified atom stereocenters. The topological polar surface area (TPSA) is 92.7 Å². The Morgan fingerprint density at radius 2 is 1.79 bits per heavy atom. The van der Waals surface area contributed by atoms with Crippen molar-refractivity contribution in [3.8, 4) is 0 Å². The molecule has 0 saturated carbocycles. The van der Waals surface area contributed by atoms with E-state index in [1.165, 1.54) is 0 Å². The summed E-state index contributed by atoms with van der Waals surface area (Å²) in [5.74, 6) is -0.259. The molecule has 102 valence electrons. The molecule has 0 aliphatic carbocycles. The van der Waals surface area contributed by atoms with Crippen molar-refractivity contribution in [1.82, 2.24) is 9.80 Å². The smallest absolute Gasteiger partial charge is 0.254 e. The first-order valence-electron chi connectivity index (χ1n) is 6.16. The number of anilines is 2. The molecule has 6 nitrogen and oxygen atoms in total. The van der Waals surface area contributed by atoms with Gasteiger partial charge in [-0.1, -0.05) is 0 Å². The summed E-state index contributed by atoms with van der Waals surface area (Å²) in [7, 11) is 1.74. The number of benzene rings is 1. The lowest BCUT2D eigenvalue weighted by molar-refractivity contribution is -0.129. The zero-order chi connectivity index (χ0) is 14.0. The van der Waals surface area contributed by atoms with E-state index in [2.05, 4.69) is 0 Å². The molecule has 6 heteroatoms. The van der Waals surface area contributed by atoms with Gasteiger partial charge in [-0.2, -0.15) is 0 Å². The molecule has 1 aliphatic rings. The van der Waals surface area contributed by atoms with Gasteiger partial charge in [-0.25, -0.2) is 0 Å². The van der Waals surface area contributed by atoms with Crippen molar-refractivity contribution in [2.24, 2.45) is 0 Å². The number of rotatable bonds is 1. The van der Waals surface area contributed by atoms with Crippen LogP contribution >= 0.6 is 0 Å². The Bertz CT molecular complexity index is 495. The highest BCUT2D eigenvalue weighted by Gasteiger charge is 2.23. The summed E-state index contributed by atoms with van der Waals surface area (Å²) >= 11 is 0. The Hall–Kier alpha value is -2.24. The Kier molecular flexibility index (Phi) is 3.59. The second-order valence-electron chi connectivity index (χ2n) is 4.78. The van der Waals surface area contributed by atoms with Crippen molar-refractivity contribution in [3.05, 3.63) is 23.8 Å². The van der Waals surface area contributed by atoms with Crippen LogP contribution in [0.25, 0.3) is 0 Å². The van der Waals surface area contributed by atoms with Crippen LogP contribution in [0.4, 0.5) is 11.4 Å². The molecule has 1 aromatic rings. The van der Waals surface area contributed by atoms with Crippen LogP contribution in [0.5, 0.6) is 0 Å². The third-order valence-corrected chi connectivity index (χ3v) is 3.19. The number of likely N-dealkylation sites (N-methyl/N-ethyl adjacent to an activating group) is 1. The number of hydrogen-bond donors (Lipinski definition) is 2. The monoisotopic (exact) mass is 262 g/mol. The molecular weight excluding hydrogens is 244 g/mol. The standard InChI is InChI=1S/C13H18N4O2/c1-16-3-2-4-17(8-12(16)18)13(19)9-5-10(14)7-11(15)6-9/h5-7H,2-4,8,14-15H2,1H3. The average Bonchev–Trinajstić information content (AvgIpc) is 2.50. The lowest BCUT2D eigenvalue weighted by Gasteiger charge is -2.20. The maximum Gasteiger partial charge on any atom is 0.254 e. The number of carbonyl (C=O) groups is 2. The van der Waals surface area contributed by atoms with E-state index >= 15 is 0 Å². The molecule has 1 fully saturated rings. The predicted molar refractivity (Wildman–Crippen MR) is 73.4 cm³/mol. The van der Waals surface area contributed by atoms with Crippen LogP contribution in [0.2, 0.25) is 0 Å². The predicted octanol–water partition coefficient (Wildman–Crippen LogP) is 0.155. The summed E-state index contributed by atoms with van der Waals surface area (Å²) in [6, 6.07) is 4.76. The highest BCUT2D eigenvalue weighted by molar-refractivity contribution is 5.98. The Morgan fingerprint density at radius 1 is 1.16 bits per heavy atom. The second-order valence-corrected chi connectivity index (χ2v) is 4.78. The first kappa shape index (κ1) is 13.2. The van der Waals surface area contributed by atoms with Gasteiger partial charge in [0, 0.05) is 37.1 Å². The number of amides is 2. The zero-order valence-corrected chi connectivity index (χ0v) is 10.9. The van der Waals surface area contributed by atoms with Crippen LogP contribution < -0.4 is 11.5 Å². The molecule has 2 amide bonds. The summed E-state index contributed by atoms with van der Waals surface area (Å²) < 4.78 is 0. The fourth-order valence-electron chi connectivity index (χ4n) is 2.14. The molecule has 0 atom stereocenters. The van der Waals surface area contributed by atoms with Crippen molar-refractivity contribution in [3.63, 3.8) is 0 Å². The molecule has 0 aromatic heterocycles. The molecule has 1 aliphatic heterocycles. The lowest BCUT2D eigenvalue weighted by atomic mass is 10.1. The van der Waals surface area contributed by atoms with Crippen molar-refractivity contribution in [2.45, 2.75) is 6.42 Å². The van der Waals surface area contributed by atoms with Gasteiger partial charge in [-0.05, 0) is 24.6 Å². The third-order valence-electron chi connectivity index (χ3n) is 3.19. The highest BCUT2D eigenvalue weighted by atomic mass is 16.2. The van der Waals surface area contributed by atoms with Gasteiger partial charge in [0.1, 0.15) is 6.54 Å². The third kappa shape index (κ3) is 2.96. The van der Waals surface area contributed by atoms with E-state index in [0.29, 0.717) is 30.0 Å². The highest BCUT2D eigenvalue weighted by Crippen LogP contribution is 2.16. The van der Waals surface area contributed by atoms with Crippen LogP contribution in [-0.2, 0) is 4.79 Å². The average molecular weight is 262 g/mol. The lowest BCUT2D eigenvalue weighted by Crippen LogP contribution is -2.38. The molecular formula is C13H18N4O2. The molecule has 1 saturated heterocycles. The SMILES string of the molecule is CN1CCCN(C(=O)c2cc(N)cc(N)c2)CC1=O. The van der Waals surface area contributed by atoms with Gasteiger partial charge < -0.3 is 21.3 Å². The van der Waals surface area contributed by atoms with Crippen molar-refractivity contribution in [1.29, 1.82) is 0 Å². The summed E-state index contributed by atoms with van der Waals surface area (Å²) in [5, 5.41) is 0. The van der Waals surface area contributed by atoms with E-state index in [1.54, 1.807) is 35.0 Å². The minimum Gasteiger partial charge on any atom is -0.399 e. The molecule has 19 heavy (non-hydrogen) atoms. The normalized spacial score (nSPS) is 16.4. The van der Waals surface area contributed by atoms with Gasteiger partial charge in [0.2, 0.25) is 5.91 Å². The van der Waals surface area contributed by atoms with Gasteiger partial charge in [-0.15, -0.1) is 0 Å². The molecule has 1 heterocycles. The number of hydrogen-bond acceptors (Lipinski definition) is 4. The van der Waals surface area contributed by atoms with Gasteiger partial charge in [-0.3, -0.25) is 9.59 Å². The minimum absolute atomic E-state index is 0.0530. The van der Waals surface area contributed by atoms with E-state index < -0.39 is 0 Å². The van der Waals surface area contributed by atoms with E-state index in [1.807, 2.05) is 0 Å². The minimum atomic E-state index is -0.206. The first-order chi connectivity index (χ1) is 8.97.